The molecule has 0 N–H and O–H groups in total. The molecule has 196 valence electrons. The normalized spacial score (nSPS) is 18.4. The average molecular weight is 509 g/mol. The van der Waals surface area contributed by atoms with E-state index in [0.29, 0.717) is 19.6 Å². The fourth-order valence-electron chi connectivity index (χ4n) is 3.87. The zero-order valence-electron chi connectivity index (χ0n) is 22.2. The largest absolute Gasteiger partial charge is 0.321 e. The molecule has 1 unspecified atom stereocenters. The van der Waals surface area contributed by atoms with Crippen molar-refractivity contribution in [2.45, 2.75) is 105 Å². The summed E-state index contributed by atoms with van der Waals surface area (Å²) in [4.78, 5) is 23.8. The summed E-state index contributed by atoms with van der Waals surface area (Å²) >= 11 is 0. The molecule has 0 saturated heterocycles. The Hall–Kier alpha value is -1.73. The number of hydrogen-bond acceptors (Lipinski definition) is 9. The zero-order chi connectivity index (χ0) is 25.8. The summed E-state index contributed by atoms with van der Waals surface area (Å²) in [6, 6.07) is 2.89. The first-order chi connectivity index (χ1) is 17.0. The molecule has 1 fully saturated rings. The van der Waals surface area contributed by atoms with Crippen molar-refractivity contribution in [1.29, 1.82) is 5.26 Å². The highest BCUT2D eigenvalue weighted by atomic mass is 31.2. The third-order valence-electron chi connectivity index (χ3n) is 5.32. The highest BCUT2D eigenvalue weighted by molar-refractivity contribution is 7.44. The lowest BCUT2D eigenvalue weighted by atomic mass is 9.89. The smallest absolute Gasteiger partial charge is 0.259 e. The molecule has 1 saturated carbocycles. The first kappa shape index (κ1) is 29.5. The van der Waals surface area contributed by atoms with Crippen molar-refractivity contribution in [2.24, 2.45) is 0 Å². The van der Waals surface area contributed by atoms with E-state index in [9.17, 15) is 0 Å². The van der Waals surface area contributed by atoms with Crippen molar-refractivity contribution in [3.8, 4) is 6.07 Å². The molecule has 10 nitrogen and oxygen atoms in total. The summed E-state index contributed by atoms with van der Waals surface area (Å²) in [6.07, 6.45) is 6.19. The Morgan fingerprint density at radius 1 is 1.17 bits per heavy atom. The van der Waals surface area contributed by atoms with Gasteiger partial charge in [-0.25, -0.2) is 29.4 Å². The van der Waals surface area contributed by atoms with Crippen LogP contribution in [0, 0.1) is 11.3 Å². The van der Waals surface area contributed by atoms with Crippen LogP contribution in [0.15, 0.2) is 12.5 Å². The fraction of sp³-hybridized carbons (Fsp3) is 0.750. The van der Waals surface area contributed by atoms with Gasteiger partial charge < -0.3 is 13.6 Å². The quantitative estimate of drug-likeness (QED) is 0.137. The van der Waals surface area contributed by atoms with Crippen LogP contribution in [0.4, 0.5) is 0 Å². The molecule has 1 atom stereocenters. The Labute approximate surface area is 210 Å². The topological polar surface area (TPSA) is 108 Å². The minimum Gasteiger partial charge on any atom is -0.321 e. The molecule has 11 heteroatoms. The van der Waals surface area contributed by atoms with Gasteiger partial charge in [0.2, 0.25) is 0 Å². The average Bonchev–Trinajstić information content (AvgIpc) is 3.17. The summed E-state index contributed by atoms with van der Waals surface area (Å²) in [7, 11) is -1.25. The second-order valence-corrected chi connectivity index (χ2v) is 10.0. The molecule has 1 aliphatic carbocycles. The van der Waals surface area contributed by atoms with E-state index in [4.69, 9.17) is 24.1 Å². The number of imidazole rings is 1. The minimum absolute atomic E-state index is 0.0626. The molecule has 0 radical (unpaired) electrons. The van der Waals surface area contributed by atoms with E-state index >= 15 is 0 Å². The van der Waals surface area contributed by atoms with Crippen LogP contribution in [0.3, 0.4) is 0 Å². The molecule has 2 aromatic heterocycles. The Morgan fingerprint density at radius 3 is 2.51 bits per heavy atom. The van der Waals surface area contributed by atoms with Gasteiger partial charge >= 0.3 is 0 Å². The van der Waals surface area contributed by atoms with Crippen LogP contribution >= 0.6 is 8.53 Å². The monoisotopic (exact) mass is 508 g/mol. The third kappa shape index (κ3) is 8.14. The summed E-state index contributed by atoms with van der Waals surface area (Å²) in [6.45, 7) is 15.7. The van der Waals surface area contributed by atoms with Crippen LogP contribution in [-0.2, 0) is 25.4 Å². The summed E-state index contributed by atoms with van der Waals surface area (Å²) < 4.78 is 16.9. The van der Waals surface area contributed by atoms with Crippen molar-refractivity contribution in [2.75, 3.05) is 13.2 Å². The molecule has 0 aromatic carbocycles. The molecule has 0 aliphatic heterocycles. The fourth-order valence-corrected chi connectivity index (χ4v) is 5.61. The van der Waals surface area contributed by atoms with E-state index in [0.717, 1.165) is 36.3 Å². The SMILES string of the molecule is CC.CCCOOCc1nc2cncnc2n1C1CC(OP(OCCC#N)N(C(C)C)C(C)C)C1. The molecular weight excluding hydrogens is 467 g/mol. The maximum Gasteiger partial charge on any atom is 0.259 e. The predicted molar refractivity (Wildman–Crippen MR) is 136 cm³/mol. The van der Waals surface area contributed by atoms with Gasteiger partial charge in [-0.15, -0.1) is 0 Å². The summed E-state index contributed by atoms with van der Waals surface area (Å²) in [5, 5.41) is 8.90. The molecule has 2 aromatic rings. The van der Waals surface area contributed by atoms with Gasteiger partial charge in [-0.3, -0.25) is 0 Å². The number of fused-ring (bicyclic) bond motifs is 1. The van der Waals surface area contributed by atoms with Gasteiger partial charge in [0.25, 0.3) is 8.53 Å². The van der Waals surface area contributed by atoms with E-state index in [1.165, 1.54) is 6.33 Å². The summed E-state index contributed by atoms with van der Waals surface area (Å²) in [5.41, 5.74) is 1.53. The molecule has 0 spiro atoms. The number of aromatic nitrogens is 4. The van der Waals surface area contributed by atoms with Crippen molar-refractivity contribution in [1.82, 2.24) is 24.2 Å². The van der Waals surface area contributed by atoms with Crippen LogP contribution in [0.1, 0.15) is 86.0 Å². The van der Waals surface area contributed by atoms with Crippen LogP contribution in [0.5, 0.6) is 0 Å². The van der Waals surface area contributed by atoms with Gasteiger partial charge in [-0.2, -0.15) is 5.26 Å². The molecule has 0 amide bonds. The number of nitrogens with zero attached hydrogens (tertiary/aromatic N) is 6. The van der Waals surface area contributed by atoms with Gasteiger partial charge in [0.1, 0.15) is 24.3 Å². The zero-order valence-corrected chi connectivity index (χ0v) is 23.1. The first-order valence-corrected chi connectivity index (χ1v) is 13.7. The molecular formula is C24H41N6O4P. The lowest BCUT2D eigenvalue weighted by Gasteiger charge is -2.42. The van der Waals surface area contributed by atoms with Crippen LogP contribution in [0.2, 0.25) is 0 Å². The highest BCUT2D eigenvalue weighted by Gasteiger charge is 2.38. The van der Waals surface area contributed by atoms with E-state index in [2.05, 4.69) is 58.0 Å². The van der Waals surface area contributed by atoms with Crippen LogP contribution in [0.25, 0.3) is 11.2 Å². The highest BCUT2D eigenvalue weighted by Crippen LogP contribution is 2.51. The molecule has 35 heavy (non-hydrogen) atoms. The minimum atomic E-state index is -1.25. The van der Waals surface area contributed by atoms with Crippen molar-refractivity contribution >= 4 is 19.7 Å². The third-order valence-corrected chi connectivity index (χ3v) is 7.51. The van der Waals surface area contributed by atoms with E-state index in [-0.39, 0.29) is 30.8 Å². The first-order valence-electron chi connectivity index (χ1n) is 12.6. The molecule has 2 heterocycles. The summed E-state index contributed by atoms with van der Waals surface area (Å²) in [5.74, 6) is 0.767. The van der Waals surface area contributed by atoms with Crippen molar-refractivity contribution in [3.05, 3.63) is 18.3 Å². The van der Waals surface area contributed by atoms with Gasteiger partial charge in [0, 0.05) is 18.1 Å². The van der Waals surface area contributed by atoms with Gasteiger partial charge in [0.15, 0.2) is 5.65 Å². The second kappa shape index (κ2) is 15.4. The van der Waals surface area contributed by atoms with Gasteiger partial charge in [-0.05, 0) is 47.0 Å². The van der Waals surface area contributed by atoms with E-state index < -0.39 is 8.53 Å². The van der Waals surface area contributed by atoms with Crippen LogP contribution in [-0.4, -0.2) is 55.6 Å². The Morgan fingerprint density at radius 2 is 1.89 bits per heavy atom. The van der Waals surface area contributed by atoms with Crippen molar-refractivity contribution < 1.29 is 18.8 Å². The van der Waals surface area contributed by atoms with Gasteiger partial charge in [-0.1, -0.05) is 20.8 Å². The Kier molecular flexibility index (Phi) is 13.0. The Balaban J connectivity index is 0.00000210. The lowest BCUT2D eigenvalue weighted by molar-refractivity contribution is -0.305. The Bertz CT molecular complexity index is 905. The number of hydrogen-bond donors (Lipinski definition) is 0. The number of nitriles is 1. The standard InChI is InChI=1S/C22H35N6O4P.C2H6/c1-6-9-29-30-14-21-26-20-13-24-15-25-22(20)27(21)18-11-19(12-18)32-33(31-10-7-8-23)28(16(2)3)17(4)5;1-2/h13,15-19H,6-7,9-12,14H2,1-5H3;1-2H3. The second-order valence-electron chi connectivity index (χ2n) is 8.61. The van der Waals surface area contributed by atoms with E-state index in [1.807, 2.05) is 20.8 Å². The number of rotatable bonds is 14. The molecule has 0 bridgehead atoms. The van der Waals surface area contributed by atoms with Gasteiger partial charge in [0.05, 0.1) is 38.0 Å². The maximum absolute atomic E-state index is 8.90. The van der Waals surface area contributed by atoms with Crippen LogP contribution < -0.4 is 0 Å². The predicted octanol–water partition coefficient (Wildman–Crippen LogP) is 5.71. The lowest BCUT2D eigenvalue weighted by Crippen LogP contribution is -2.38. The molecule has 1 aliphatic rings. The van der Waals surface area contributed by atoms with Crippen molar-refractivity contribution in [3.63, 3.8) is 0 Å². The van der Waals surface area contributed by atoms with E-state index in [1.54, 1.807) is 6.20 Å². The maximum atomic E-state index is 8.90. The molecule has 3 rings (SSSR count).